The molecule has 1 N–H and O–H groups in total. The van der Waals surface area contributed by atoms with E-state index in [0.717, 1.165) is 43.5 Å². The van der Waals surface area contributed by atoms with Gasteiger partial charge in [0.15, 0.2) is 17.8 Å². The topological polar surface area (TPSA) is 58.9 Å². The first-order valence-electron chi connectivity index (χ1n) is 9.35. The van der Waals surface area contributed by atoms with Crippen LogP contribution in [0, 0.1) is 17.6 Å². The molecule has 28 heavy (non-hydrogen) atoms. The number of hydrogen-bond acceptors (Lipinski definition) is 5. The molecule has 3 heterocycles. The van der Waals surface area contributed by atoms with Crippen LogP contribution in [0.2, 0.25) is 0 Å². The van der Waals surface area contributed by atoms with Crippen molar-refractivity contribution in [2.24, 2.45) is 18.0 Å². The number of aryl methyl sites for hydroxylation is 1. The van der Waals surface area contributed by atoms with Gasteiger partial charge in [0, 0.05) is 38.0 Å². The van der Waals surface area contributed by atoms with Gasteiger partial charge in [-0.3, -0.25) is 4.79 Å². The zero-order valence-corrected chi connectivity index (χ0v) is 15.6. The van der Waals surface area contributed by atoms with E-state index in [1.807, 2.05) is 0 Å². The van der Waals surface area contributed by atoms with Gasteiger partial charge in [-0.25, -0.2) is 13.8 Å². The van der Waals surface area contributed by atoms with E-state index in [1.165, 1.54) is 22.8 Å². The van der Waals surface area contributed by atoms with Crippen LogP contribution in [0.4, 0.5) is 8.78 Å². The normalized spacial score (nSPS) is 20.2. The predicted octanol–water partition coefficient (Wildman–Crippen LogP) is 2.51. The summed E-state index contributed by atoms with van der Waals surface area (Å²) in [6, 6.07) is 7.92. The van der Waals surface area contributed by atoms with Crippen LogP contribution in [0.3, 0.4) is 0 Å². The number of likely N-dealkylation sites (tertiary alicyclic amines) is 1. The Morgan fingerprint density at radius 1 is 1.18 bits per heavy atom. The van der Waals surface area contributed by atoms with Gasteiger partial charge < -0.3 is 14.3 Å². The highest BCUT2D eigenvalue weighted by molar-refractivity contribution is 5.75. The summed E-state index contributed by atoms with van der Waals surface area (Å²) in [4.78, 5) is 23.7. The second-order valence-corrected chi connectivity index (χ2v) is 7.33. The summed E-state index contributed by atoms with van der Waals surface area (Å²) >= 11 is 0. The molecule has 0 radical (unpaired) electrons. The van der Waals surface area contributed by atoms with E-state index in [1.54, 1.807) is 25.4 Å². The van der Waals surface area contributed by atoms with E-state index in [-0.39, 0.29) is 11.7 Å². The molecule has 0 aliphatic carbocycles. The number of nitrogens with one attached hydrogen (secondary N) is 1. The van der Waals surface area contributed by atoms with Crippen LogP contribution in [0.25, 0.3) is 0 Å². The van der Waals surface area contributed by atoms with Crippen molar-refractivity contribution in [3.63, 3.8) is 0 Å². The third kappa shape index (κ3) is 3.91. The summed E-state index contributed by atoms with van der Waals surface area (Å²) in [5.74, 6) is -1.19. The molecule has 1 unspecified atom stereocenters. The number of nitrogens with zero attached hydrogens (tertiary/aromatic N) is 3. The molecule has 2 aromatic rings. The van der Waals surface area contributed by atoms with Crippen molar-refractivity contribution < 1.29 is 13.6 Å². The van der Waals surface area contributed by atoms with Gasteiger partial charge in [-0.15, -0.1) is 5.48 Å². The van der Waals surface area contributed by atoms with Gasteiger partial charge >= 0.3 is 6.02 Å². The van der Waals surface area contributed by atoms with Crippen LogP contribution in [0.1, 0.15) is 30.1 Å². The fourth-order valence-corrected chi connectivity index (χ4v) is 3.67. The summed E-state index contributed by atoms with van der Waals surface area (Å²) < 4.78 is 28.0. The van der Waals surface area contributed by atoms with Crippen LogP contribution >= 0.6 is 0 Å². The molecule has 148 valence electrons. The Morgan fingerprint density at radius 2 is 1.96 bits per heavy atom. The molecule has 8 heteroatoms. The lowest BCUT2D eigenvalue weighted by molar-refractivity contribution is 0.134. The summed E-state index contributed by atoms with van der Waals surface area (Å²) in [6.07, 6.45) is 3.97. The van der Waals surface area contributed by atoms with E-state index in [0.29, 0.717) is 11.9 Å². The van der Waals surface area contributed by atoms with Gasteiger partial charge in [0.2, 0.25) is 5.56 Å². The number of benzene rings is 1. The Labute approximate surface area is 161 Å². The Morgan fingerprint density at radius 3 is 2.68 bits per heavy atom. The molecule has 2 aliphatic heterocycles. The number of hydroxylamine groups is 1. The maximum absolute atomic E-state index is 13.4. The first kappa shape index (κ1) is 18.6. The van der Waals surface area contributed by atoms with Crippen LogP contribution < -0.4 is 11.0 Å². The van der Waals surface area contributed by atoms with Gasteiger partial charge in [-0.2, -0.15) is 0 Å². The average molecular weight is 388 g/mol. The SMILES string of the molecule is Cn1cc(C2N=C(N3CCC(Cc4ccc(F)c(F)c4)CC3)ON2)ccc1=O. The Bertz CT molecular complexity index is 951. The number of piperidine rings is 1. The predicted molar refractivity (Wildman–Crippen MR) is 100 cm³/mol. The van der Waals surface area contributed by atoms with Crippen molar-refractivity contribution in [3.05, 3.63) is 69.6 Å². The third-order valence-corrected chi connectivity index (χ3v) is 5.32. The summed E-state index contributed by atoms with van der Waals surface area (Å²) in [5, 5.41) is 0. The minimum atomic E-state index is -0.810. The van der Waals surface area contributed by atoms with E-state index >= 15 is 0 Å². The number of aromatic nitrogens is 1. The molecule has 1 saturated heterocycles. The van der Waals surface area contributed by atoms with Crippen molar-refractivity contribution in [1.82, 2.24) is 14.9 Å². The Kier molecular flexibility index (Phi) is 5.13. The van der Waals surface area contributed by atoms with E-state index < -0.39 is 11.6 Å². The first-order chi connectivity index (χ1) is 13.5. The fourth-order valence-electron chi connectivity index (χ4n) is 3.67. The summed E-state index contributed by atoms with van der Waals surface area (Å²) in [5.41, 5.74) is 4.49. The summed E-state index contributed by atoms with van der Waals surface area (Å²) in [7, 11) is 1.70. The highest BCUT2D eigenvalue weighted by Gasteiger charge is 2.28. The van der Waals surface area contributed by atoms with Crippen LogP contribution in [0.15, 0.2) is 46.3 Å². The zero-order valence-electron chi connectivity index (χ0n) is 15.6. The molecule has 0 spiro atoms. The lowest BCUT2D eigenvalue weighted by Crippen LogP contribution is -2.39. The largest absolute Gasteiger partial charge is 0.368 e. The minimum absolute atomic E-state index is 0.0741. The van der Waals surface area contributed by atoms with Crippen molar-refractivity contribution in [2.75, 3.05) is 13.1 Å². The number of amidine groups is 1. The second kappa shape index (κ2) is 7.71. The molecule has 0 bridgehead atoms. The van der Waals surface area contributed by atoms with Crippen molar-refractivity contribution in [3.8, 4) is 0 Å². The molecule has 1 aromatic heterocycles. The van der Waals surface area contributed by atoms with Gasteiger partial charge in [0.05, 0.1) is 0 Å². The van der Waals surface area contributed by atoms with E-state index in [4.69, 9.17) is 4.84 Å². The van der Waals surface area contributed by atoms with Gasteiger partial charge in [0.25, 0.3) is 0 Å². The van der Waals surface area contributed by atoms with Crippen molar-refractivity contribution >= 4 is 6.02 Å². The number of hydrogen-bond donors (Lipinski definition) is 1. The molecule has 1 aromatic carbocycles. The van der Waals surface area contributed by atoms with E-state index in [9.17, 15) is 13.6 Å². The lowest BCUT2D eigenvalue weighted by atomic mass is 9.90. The number of rotatable bonds is 3. The first-order valence-corrected chi connectivity index (χ1v) is 9.35. The smallest absolute Gasteiger partial charge is 0.309 e. The average Bonchev–Trinajstić information content (AvgIpc) is 3.18. The molecular weight excluding hydrogens is 366 g/mol. The highest BCUT2D eigenvalue weighted by Crippen LogP contribution is 2.25. The molecule has 2 aliphatic rings. The molecule has 1 atom stereocenters. The van der Waals surface area contributed by atoms with Crippen molar-refractivity contribution in [1.29, 1.82) is 0 Å². The molecule has 0 saturated carbocycles. The maximum Gasteiger partial charge on any atom is 0.309 e. The Balaban J connectivity index is 1.35. The molecule has 4 rings (SSSR count). The number of aliphatic imine (C=N–C) groups is 1. The lowest BCUT2D eigenvalue weighted by Gasteiger charge is -2.31. The molecule has 6 nitrogen and oxygen atoms in total. The number of halogens is 2. The monoisotopic (exact) mass is 388 g/mol. The quantitative estimate of drug-likeness (QED) is 0.878. The standard InChI is InChI=1S/C20H22F2N4O2/c1-25-12-15(3-5-18(25)27)19-23-20(28-24-19)26-8-6-13(7-9-26)10-14-2-4-16(21)17(22)11-14/h2-5,11-13,19,24H,6-10H2,1H3. The molecule has 0 amide bonds. The fraction of sp³-hybridized carbons (Fsp3) is 0.400. The van der Waals surface area contributed by atoms with Crippen LogP contribution in [0.5, 0.6) is 0 Å². The number of pyridine rings is 1. The van der Waals surface area contributed by atoms with Gasteiger partial charge in [-0.05, 0) is 48.9 Å². The van der Waals surface area contributed by atoms with Gasteiger partial charge in [0.1, 0.15) is 0 Å². The summed E-state index contributed by atoms with van der Waals surface area (Å²) in [6.45, 7) is 1.57. The minimum Gasteiger partial charge on any atom is -0.368 e. The van der Waals surface area contributed by atoms with Gasteiger partial charge in [-0.1, -0.05) is 6.07 Å². The zero-order chi connectivity index (χ0) is 19.7. The highest BCUT2D eigenvalue weighted by atomic mass is 19.2. The third-order valence-electron chi connectivity index (χ3n) is 5.32. The van der Waals surface area contributed by atoms with E-state index in [2.05, 4.69) is 15.4 Å². The van der Waals surface area contributed by atoms with Crippen LogP contribution in [-0.2, 0) is 18.3 Å². The molecule has 1 fully saturated rings. The second-order valence-electron chi connectivity index (χ2n) is 7.33. The maximum atomic E-state index is 13.4. The Hall–Kier alpha value is -2.74. The van der Waals surface area contributed by atoms with Crippen LogP contribution in [-0.4, -0.2) is 28.6 Å². The molecular formula is C20H22F2N4O2. The van der Waals surface area contributed by atoms with Crippen molar-refractivity contribution in [2.45, 2.75) is 25.4 Å².